The molecular weight excluding hydrogens is 182 g/mol. The summed E-state index contributed by atoms with van der Waals surface area (Å²) in [6, 6.07) is 1.28. The van der Waals surface area contributed by atoms with Crippen molar-refractivity contribution < 1.29 is 9.90 Å². The van der Waals surface area contributed by atoms with Crippen LogP contribution in [0.25, 0.3) is 0 Å². The van der Waals surface area contributed by atoms with Gasteiger partial charge in [0.2, 0.25) is 5.91 Å². The number of aromatic nitrogens is 1. The van der Waals surface area contributed by atoms with Gasteiger partial charge >= 0.3 is 0 Å². The van der Waals surface area contributed by atoms with E-state index in [-0.39, 0.29) is 12.6 Å². The van der Waals surface area contributed by atoms with Crippen molar-refractivity contribution in [2.45, 2.75) is 12.5 Å². The highest BCUT2D eigenvalue weighted by Crippen LogP contribution is 2.13. The summed E-state index contributed by atoms with van der Waals surface area (Å²) in [5.41, 5.74) is 11.8. The van der Waals surface area contributed by atoms with E-state index >= 15 is 0 Å². The van der Waals surface area contributed by atoms with E-state index in [0.717, 1.165) is 0 Å². The first kappa shape index (κ1) is 10.6. The van der Waals surface area contributed by atoms with Gasteiger partial charge in [0.1, 0.15) is 0 Å². The molecule has 1 rings (SSSR count). The number of hydrogen-bond donors (Lipinski definition) is 3. The molecule has 14 heavy (non-hydrogen) atoms. The van der Waals surface area contributed by atoms with Crippen LogP contribution in [0.2, 0.25) is 0 Å². The first-order valence-electron chi connectivity index (χ1n) is 4.26. The molecule has 5 heteroatoms. The molecule has 1 atom stereocenters. The van der Waals surface area contributed by atoms with Crippen LogP contribution >= 0.6 is 0 Å². The highest BCUT2D eigenvalue weighted by atomic mass is 16.3. The topological polar surface area (TPSA) is 102 Å². The SMILES string of the molecule is NC(=O)c1cncc(C(N)CCO)c1. The number of carbonyl (C=O) groups is 1. The van der Waals surface area contributed by atoms with Gasteiger partial charge in [0, 0.05) is 25.0 Å². The Morgan fingerprint density at radius 1 is 1.57 bits per heavy atom. The van der Waals surface area contributed by atoms with E-state index < -0.39 is 5.91 Å². The van der Waals surface area contributed by atoms with Crippen molar-refractivity contribution in [1.29, 1.82) is 0 Å². The molecule has 0 fully saturated rings. The molecule has 5 nitrogen and oxygen atoms in total. The maximum absolute atomic E-state index is 10.8. The molecule has 0 radical (unpaired) electrons. The van der Waals surface area contributed by atoms with Crippen LogP contribution in [0.4, 0.5) is 0 Å². The number of primary amides is 1. The number of hydrogen-bond acceptors (Lipinski definition) is 4. The number of rotatable bonds is 4. The van der Waals surface area contributed by atoms with Gasteiger partial charge in [-0.3, -0.25) is 9.78 Å². The molecule has 1 amide bonds. The lowest BCUT2D eigenvalue weighted by Gasteiger charge is -2.09. The van der Waals surface area contributed by atoms with Crippen LogP contribution in [-0.2, 0) is 0 Å². The molecule has 0 aliphatic heterocycles. The van der Waals surface area contributed by atoms with E-state index in [2.05, 4.69) is 4.98 Å². The largest absolute Gasteiger partial charge is 0.396 e. The first-order valence-corrected chi connectivity index (χ1v) is 4.26. The van der Waals surface area contributed by atoms with Crippen molar-refractivity contribution in [2.75, 3.05) is 6.61 Å². The van der Waals surface area contributed by atoms with E-state index in [9.17, 15) is 4.79 Å². The maximum Gasteiger partial charge on any atom is 0.250 e. The molecule has 0 aromatic carbocycles. The molecule has 0 bridgehead atoms. The van der Waals surface area contributed by atoms with Crippen molar-refractivity contribution >= 4 is 5.91 Å². The fourth-order valence-electron chi connectivity index (χ4n) is 1.10. The van der Waals surface area contributed by atoms with Gasteiger partial charge in [-0.15, -0.1) is 0 Å². The number of aliphatic hydroxyl groups excluding tert-OH is 1. The second kappa shape index (κ2) is 4.69. The smallest absolute Gasteiger partial charge is 0.250 e. The summed E-state index contributed by atoms with van der Waals surface area (Å²) in [5.74, 6) is -0.532. The Balaban J connectivity index is 2.87. The van der Waals surface area contributed by atoms with Gasteiger partial charge in [-0.1, -0.05) is 0 Å². The van der Waals surface area contributed by atoms with Crippen LogP contribution < -0.4 is 11.5 Å². The van der Waals surface area contributed by atoms with Crippen molar-refractivity contribution in [3.05, 3.63) is 29.6 Å². The molecule has 0 aliphatic rings. The van der Waals surface area contributed by atoms with Crippen LogP contribution in [0.5, 0.6) is 0 Å². The number of nitrogens with two attached hydrogens (primary N) is 2. The number of carbonyl (C=O) groups excluding carboxylic acids is 1. The molecule has 1 aromatic heterocycles. The highest BCUT2D eigenvalue weighted by Gasteiger charge is 2.08. The second-order valence-electron chi connectivity index (χ2n) is 2.99. The Bertz CT molecular complexity index is 328. The summed E-state index contributed by atoms with van der Waals surface area (Å²) >= 11 is 0. The number of nitrogens with zero attached hydrogens (tertiary/aromatic N) is 1. The third-order valence-electron chi connectivity index (χ3n) is 1.91. The van der Waals surface area contributed by atoms with Crippen LogP contribution in [-0.4, -0.2) is 22.6 Å². The molecule has 1 aromatic rings. The predicted octanol–water partition coefficient (Wildman–Crippen LogP) is -0.437. The van der Waals surface area contributed by atoms with E-state index in [1.165, 1.54) is 6.20 Å². The summed E-state index contributed by atoms with van der Waals surface area (Å²) in [4.78, 5) is 14.7. The van der Waals surface area contributed by atoms with Crippen molar-refractivity contribution in [3.63, 3.8) is 0 Å². The van der Waals surface area contributed by atoms with E-state index in [1.807, 2.05) is 0 Å². The predicted molar refractivity (Wildman–Crippen MR) is 51.4 cm³/mol. The van der Waals surface area contributed by atoms with Gasteiger partial charge < -0.3 is 16.6 Å². The third-order valence-corrected chi connectivity index (χ3v) is 1.91. The number of pyridine rings is 1. The van der Waals surface area contributed by atoms with Gasteiger partial charge in [0.15, 0.2) is 0 Å². The molecule has 0 spiro atoms. The summed E-state index contributed by atoms with van der Waals surface area (Å²) in [5, 5.41) is 8.68. The van der Waals surface area contributed by atoms with Crippen LogP contribution in [0, 0.1) is 0 Å². The molecule has 5 N–H and O–H groups in total. The van der Waals surface area contributed by atoms with Crippen molar-refractivity contribution in [1.82, 2.24) is 4.98 Å². The lowest BCUT2D eigenvalue weighted by Crippen LogP contribution is -2.15. The fourth-order valence-corrected chi connectivity index (χ4v) is 1.10. The van der Waals surface area contributed by atoms with Gasteiger partial charge in [-0.05, 0) is 18.1 Å². The van der Waals surface area contributed by atoms with Gasteiger partial charge in [-0.25, -0.2) is 0 Å². The first-order chi connectivity index (χ1) is 6.65. The van der Waals surface area contributed by atoms with Crippen LogP contribution in [0.15, 0.2) is 18.5 Å². The molecule has 0 saturated heterocycles. The molecule has 76 valence electrons. The third kappa shape index (κ3) is 2.51. The minimum atomic E-state index is -0.532. The van der Waals surface area contributed by atoms with Gasteiger partial charge in [0.05, 0.1) is 5.56 Å². The standard InChI is InChI=1S/C9H13N3O2/c10-8(1-2-13)6-3-7(9(11)14)5-12-4-6/h3-5,8,13H,1-2,10H2,(H2,11,14). The fraction of sp³-hybridized carbons (Fsp3) is 0.333. The lowest BCUT2D eigenvalue weighted by atomic mass is 10.1. The molecule has 1 unspecified atom stereocenters. The average Bonchev–Trinajstić information content (AvgIpc) is 2.18. The maximum atomic E-state index is 10.8. The zero-order chi connectivity index (χ0) is 10.6. The second-order valence-corrected chi connectivity index (χ2v) is 2.99. The zero-order valence-corrected chi connectivity index (χ0v) is 7.68. The Hall–Kier alpha value is -1.46. The van der Waals surface area contributed by atoms with E-state index in [0.29, 0.717) is 17.5 Å². The Kier molecular flexibility index (Phi) is 3.55. The van der Waals surface area contributed by atoms with Crippen LogP contribution in [0.3, 0.4) is 0 Å². The average molecular weight is 195 g/mol. The van der Waals surface area contributed by atoms with Crippen molar-refractivity contribution in [2.24, 2.45) is 11.5 Å². The van der Waals surface area contributed by atoms with E-state index in [1.54, 1.807) is 12.3 Å². The normalized spacial score (nSPS) is 12.4. The summed E-state index contributed by atoms with van der Waals surface area (Å²) in [7, 11) is 0. The number of amides is 1. The van der Waals surface area contributed by atoms with Crippen molar-refractivity contribution in [3.8, 4) is 0 Å². The Labute approximate surface area is 81.7 Å². The quantitative estimate of drug-likeness (QED) is 0.606. The summed E-state index contributed by atoms with van der Waals surface area (Å²) in [6.07, 6.45) is 3.38. The Morgan fingerprint density at radius 3 is 2.86 bits per heavy atom. The minimum absolute atomic E-state index is 0.00195. The molecular formula is C9H13N3O2. The van der Waals surface area contributed by atoms with Gasteiger partial charge in [0.25, 0.3) is 0 Å². The van der Waals surface area contributed by atoms with E-state index in [4.69, 9.17) is 16.6 Å². The monoisotopic (exact) mass is 195 g/mol. The lowest BCUT2D eigenvalue weighted by molar-refractivity contribution is 0.1000. The molecule has 1 heterocycles. The van der Waals surface area contributed by atoms with Gasteiger partial charge in [-0.2, -0.15) is 0 Å². The summed E-state index contributed by atoms with van der Waals surface area (Å²) in [6.45, 7) is 0.00195. The van der Waals surface area contributed by atoms with Crippen LogP contribution in [0.1, 0.15) is 28.4 Å². The highest BCUT2D eigenvalue weighted by molar-refractivity contribution is 5.92. The molecule has 0 aliphatic carbocycles. The molecule has 0 saturated carbocycles. The Morgan fingerprint density at radius 2 is 2.29 bits per heavy atom. The minimum Gasteiger partial charge on any atom is -0.396 e. The zero-order valence-electron chi connectivity index (χ0n) is 7.68. The summed E-state index contributed by atoms with van der Waals surface area (Å²) < 4.78 is 0. The number of aliphatic hydroxyl groups is 1.